The lowest BCUT2D eigenvalue weighted by atomic mass is 10.0. The number of H-pyrrole nitrogens is 1. The molecule has 1 unspecified atom stereocenters. The summed E-state index contributed by atoms with van der Waals surface area (Å²) >= 11 is 0. The van der Waals surface area contributed by atoms with Crippen molar-refractivity contribution in [3.8, 4) is 0 Å². The average molecular weight is 418 g/mol. The number of aromatic nitrogens is 3. The Morgan fingerprint density at radius 1 is 1.23 bits per heavy atom. The predicted molar refractivity (Wildman–Crippen MR) is 114 cm³/mol. The molecule has 0 saturated heterocycles. The van der Waals surface area contributed by atoms with Gasteiger partial charge in [-0.05, 0) is 30.7 Å². The Morgan fingerprint density at radius 3 is 2.43 bits per heavy atom. The number of aryl methyl sites for hydroxylation is 1. The number of methoxy groups -OCH3 is 1. The molecule has 0 bridgehead atoms. The van der Waals surface area contributed by atoms with Gasteiger partial charge in [-0.3, -0.25) is 19.1 Å². The van der Waals surface area contributed by atoms with Crippen molar-refractivity contribution in [2.45, 2.75) is 66.0 Å². The number of fused-ring (bicyclic) bond motifs is 1. The number of pyridine rings is 1. The largest absolute Gasteiger partial charge is 0.467 e. The van der Waals surface area contributed by atoms with Gasteiger partial charge in [-0.15, -0.1) is 0 Å². The van der Waals surface area contributed by atoms with Crippen molar-refractivity contribution in [1.82, 2.24) is 19.9 Å². The van der Waals surface area contributed by atoms with Crippen LogP contribution in [0.25, 0.3) is 11.0 Å². The third-order valence-corrected chi connectivity index (χ3v) is 4.75. The fourth-order valence-corrected chi connectivity index (χ4v) is 3.26. The number of carbonyl (C=O) groups is 2. The summed E-state index contributed by atoms with van der Waals surface area (Å²) < 4.78 is 6.18. The second-order valence-corrected chi connectivity index (χ2v) is 8.04. The maximum atomic E-state index is 13.2. The summed E-state index contributed by atoms with van der Waals surface area (Å²) in [4.78, 5) is 57.1. The van der Waals surface area contributed by atoms with Gasteiger partial charge in [0.25, 0.3) is 11.5 Å². The van der Waals surface area contributed by atoms with Crippen LogP contribution in [0.15, 0.2) is 15.7 Å². The van der Waals surface area contributed by atoms with Crippen molar-refractivity contribution in [3.63, 3.8) is 0 Å². The molecule has 0 aliphatic heterocycles. The number of aromatic amines is 1. The molecule has 164 valence electrons. The number of esters is 1. The molecule has 2 heterocycles. The molecular weight excluding hydrogens is 388 g/mol. The lowest BCUT2D eigenvalue weighted by Crippen LogP contribution is -2.43. The van der Waals surface area contributed by atoms with Crippen molar-refractivity contribution in [3.05, 3.63) is 38.2 Å². The van der Waals surface area contributed by atoms with Crippen LogP contribution in [0.1, 0.15) is 69.4 Å². The summed E-state index contributed by atoms with van der Waals surface area (Å²) in [6, 6.07) is 0.691. The van der Waals surface area contributed by atoms with E-state index in [9.17, 15) is 19.2 Å². The van der Waals surface area contributed by atoms with Gasteiger partial charge >= 0.3 is 11.7 Å². The van der Waals surface area contributed by atoms with Crippen LogP contribution in [-0.4, -0.2) is 39.6 Å². The van der Waals surface area contributed by atoms with Crippen LogP contribution in [-0.2, 0) is 16.1 Å². The fraction of sp³-hybridized carbons (Fsp3) is 0.571. The van der Waals surface area contributed by atoms with Crippen LogP contribution < -0.4 is 16.6 Å². The molecule has 9 nitrogen and oxygen atoms in total. The van der Waals surface area contributed by atoms with Gasteiger partial charge < -0.3 is 10.1 Å². The molecule has 2 rings (SSSR count). The van der Waals surface area contributed by atoms with E-state index >= 15 is 0 Å². The third kappa shape index (κ3) is 4.95. The van der Waals surface area contributed by atoms with Crippen LogP contribution in [0.2, 0.25) is 0 Å². The zero-order valence-electron chi connectivity index (χ0n) is 18.4. The summed E-state index contributed by atoms with van der Waals surface area (Å²) in [5, 5.41) is 2.71. The van der Waals surface area contributed by atoms with E-state index in [1.807, 2.05) is 34.6 Å². The Hall–Kier alpha value is -2.97. The summed E-state index contributed by atoms with van der Waals surface area (Å²) in [6.07, 6.45) is 1.03. The Labute approximate surface area is 174 Å². The molecule has 0 fully saturated rings. The SMILES string of the molecule is CCCn1c(=O)[nH]c(=O)c2c(C(=O)NC(CC(C)C)C(=O)OC)cc(C(C)C)nc21. The topological polar surface area (TPSA) is 123 Å². The number of amides is 1. The highest BCUT2D eigenvalue weighted by molar-refractivity contribution is 6.06. The van der Waals surface area contributed by atoms with E-state index in [1.54, 1.807) is 6.07 Å². The van der Waals surface area contributed by atoms with E-state index in [2.05, 4.69) is 15.3 Å². The number of ether oxygens (including phenoxy) is 1. The molecule has 0 radical (unpaired) electrons. The first-order valence-electron chi connectivity index (χ1n) is 10.2. The number of hydrogen-bond acceptors (Lipinski definition) is 6. The van der Waals surface area contributed by atoms with Crippen molar-refractivity contribution in [1.29, 1.82) is 0 Å². The quantitative estimate of drug-likeness (QED) is 0.632. The number of hydrogen-bond donors (Lipinski definition) is 2. The maximum Gasteiger partial charge on any atom is 0.329 e. The minimum Gasteiger partial charge on any atom is -0.467 e. The number of nitrogens with zero attached hydrogens (tertiary/aromatic N) is 2. The standard InChI is InChI=1S/C21H30N4O5/c1-7-8-25-17-16(19(27)24-21(25)29)13(10-14(22-17)12(4)5)18(26)23-15(9-11(2)3)20(28)30-6/h10-12,15H,7-9H2,1-6H3,(H,23,26)(H,24,27,29). The molecule has 0 saturated carbocycles. The first-order valence-corrected chi connectivity index (χ1v) is 10.2. The van der Waals surface area contributed by atoms with Crippen molar-refractivity contribution in [2.75, 3.05) is 7.11 Å². The highest BCUT2D eigenvalue weighted by Crippen LogP contribution is 2.20. The zero-order valence-corrected chi connectivity index (χ0v) is 18.4. The first-order chi connectivity index (χ1) is 14.1. The first kappa shape index (κ1) is 23.3. The normalized spacial score (nSPS) is 12.4. The number of carbonyl (C=O) groups excluding carboxylic acids is 2. The van der Waals surface area contributed by atoms with Gasteiger partial charge in [0.2, 0.25) is 0 Å². The highest BCUT2D eigenvalue weighted by Gasteiger charge is 2.26. The average Bonchev–Trinajstić information content (AvgIpc) is 2.68. The molecule has 0 aliphatic rings. The van der Waals surface area contributed by atoms with Gasteiger partial charge in [0.15, 0.2) is 5.65 Å². The summed E-state index contributed by atoms with van der Waals surface area (Å²) in [7, 11) is 1.26. The zero-order chi connectivity index (χ0) is 22.6. The van der Waals surface area contributed by atoms with E-state index in [4.69, 9.17) is 4.74 Å². The molecule has 0 aromatic carbocycles. The minimum absolute atomic E-state index is 0.0260. The molecule has 9 heteroatoms. The Balaban J connectivity index is 2.71. The van der Waals surface area contributed by atoms with Crippen LogP contribution in [0, 0.1) is 5.92 Å². The smallest absolute Gasteiger partial charge is 0.329 e. The summed E-state index contributed by atoms with van der Waals surface area (Å²) in [6.45, 7) is 9.91. The van der Waals surface area contributed by atoms with E-state index < -0.39 is 29.2 Å². The monoisotopic (exact) mass is 418 g/mol. The molecular formula is C21H30N4O5. The Morgan fingerprint density at radius 2 is 1.90 bits per heavy atom. The lowest BCUT2D eigenvalue weighted by Gasteiger charge is -2.19. The predicted octanol–water partition coefficient (Wildman–Crippen LogP) is 1.94. The second kappa shape index (κ2) is 9.69. The van der Waals surface area contributed by atoms with E-state index in [1.165, 1.54) is 11.7 Å². The second-order valence-electron chi connectivity index (χ2n) is 8.04. The molecule has 0 aliphatic carbocycles. The van der Waals surface area contributed by atoms with Crippen molar-refractivity contribution < 1.29 is 14.3 Å². The van der Waals surface area contributed by atoms with Crippen LogP contribution >= 0.6 is 0 Å². The Kier molecular flexibility index (Phi) is 7.53. The molecule has 30 heavy (non-hydrogen) atoms. The van der Waals surface area contributed by atoms with Gasteiger partial charge in [-0.1, -0.05) is 34.6 Å². The van der Waals surface area contributed by atoms with Gasteiger partial charge in [0.05, 0.1) is 18.1 Å². The molecule has 1 amide bonds. The van der Waals surface area contributed by atoms with Crippen LogP contribution in [0.4, 0.5) is 0 Å². The third-order valence-electron chi connectivity index (χ3n) is 4.75. The van der Waals surface area contributed by atoms with Gasteiger partial charge in [0.1, 0.15) is 6.04 Å². The fourth-order valence-electron chi connectivity index (χ4n) is 3.26. The van der Waals surface area contributed by atoms with E-state index in [0.717, 1.165) is 0 Å². The van der Waals surface area contributed by atoms with Crippen LogP contribution in [0.3, 0.4) is 0 Å². The van der Waals surface area contributed by atoms with E-state index in [-0.39, 0.29) is 28.4 Å². The van der Waals surface area contributed by atoms with Gasteiger partial charge in [-0.25, -0.2) is 14.6 Å². The summed E-state index contributed by atoms with van der Waals surface area (Å²) in [5.74, 6) is -1.06. The number of rotatable bonds is 8. The van der Waals surface area contributed by atoms with Gasteiger partial charge in [-0.2, -0.15) is 0 Å². The molecule has 2 aromatic heterocycles. The number of nitrogens with one attached hydrogen (secondary N) is 2. The lowest BCUT2D eigenvalue weighted by molar-refractivity contribution is -0.143. The van der Waals surface area contributed by atoms with E-state index in [0.29, 0.717) is 25.1 Å². The maximum absolute atomic E-state index is 13.2. The molecule has 2 N–H and O–H groups in total. The minimum atomic E-state index is -0.853. The van der Waals surface area contributed by atoms with Crippen molar-refractivity contribution in [2.24, 2.45) is 5.92 Å². The molecule has 1 atom stereocenters. The van der Waals surface area contributed by atoms with Crippen LogP contribution in [0.5, 0.6) is 0 Å². The highest BCUT2D eigenvalue weighted by atomic mass is 16.5. The van der Waals surface area contributed by atoms with Crippen molar-refractivity contribution >= 4 is 22.9 Å². The molecule has 0 spiro atoms. The van der Waals surface area contributed by atoms with Gasteiger partial charge in [0, 0.05) is 12.2 Å². The Bertz CT molecular complexity index is 1050. The molecule has 2 aromatic rings. The summed E-state index contributed by atoms with van der Waals surface area (Å²) in [5.41, 5.74) is -0.441.